The number of aliphatic hydroxyl groups is 2. The van der Waals surface area contributed by atoms with Crippen LogP contribution in [0.3, 0.4) is 0 Å². The number of aryl methyl sites for hydroxylation is 1. The van der Waals surface area contributed by atoms with Gasteiger partial charge in [0.1, 0.15) is 24.0 Å². The van der Waals surface area contributed by atoms with Gasteiger partial charge in [-0.2, -0.15) is 0 Å². The maximum Gasteiger partial charge on any atom is 0.342 e. The number of phenols is 1. The zero-order valence-electron chi connectivity index (χ0n) is 16.4. The van der Waals surface area contributed by atoms with E-state index in [1.54, 1.807) is 0 Å². The van der Waals surface area contributed by atoms with E-state index >= 15 is 0 Å². The highest BCUT2D eigenvalue weighted by Gasteiger charge is 2.25. The average molecular weight is 376 g/mol. The van der Waals surface area contributed by atoms with Gasteiger partial charge in [-0.3, -0.25) is 0 Å². The summed E-state index contributed by atoms with van der Waals surface area (Å²) in [5.74, 6) is -0.564. The number of hydrogen-bond donors (Lipinski definition) is 3. The van der Waals surface area contributed by atoms with Gasteiger partial charge in [-0.05, 0) is 44.6 Å². The molecule has 2 rings (SSSR count). The third-order valence-corrected chi connectivity index (χ3v) is 5.14. The van der Waals surface area contributed by atoms with E-state index in [0.717, 1.165) is 49.7 Å². The van der Waals surface area contributed by atoms with Gasteiger partial charge in [-0.15, -0.1) is 0 Å². The normalized spacial score (nSPS) is 18.1. The molecule has 1 aromatic carbocycles. The quantitative estimate of drug-likeness (QED) is 0.346. The molecule has 5 nitrogen and oxygen atoms in total. The Morgan fingerprint density at radius 1 is 1.33 bits per heavy atom. The summed E-state index contributed by atoms with van der Waals surface area (Å²) in [6.07, 6.45) is 7.85. The van der Waals surface area contributed by atoms with Crippen LogP contribution in [0.5, 0.6) is 5.75 Å². The standard InChI is InChI=1S/C22H32O5/c1-3-4-5-8-16-10-11-19(17-9-6-7-15(2)12-17)21(25)20(16)22(26)27-14-18(24)13-23/h10-12,17-18,23-25H,3-9,13-14H2,1-2H3/t17-,18?/m0/s1. The highest BCUT2D eigenvalue weighted by Crippen LogP contribution is 2.39. The molecule has 0 radical (unpaired) electrons. The smallest absolute Gasteiger partial charge is 0.342 e. The summed E-state index contributed by atoms with van der Waals surface area (Å²) in [4.78, 5) is 12.6. The molecule has 1 aliphatic rings. The number of unbranched alkanes of at least 4 members (excludes halogenated alkanes) is 2. The second-order valence-electron chi connectivity index (χ2n) is 7.44. The Morgan fingerprint density at radius 2 is 2.11 bits per heavy atom. The highest BCUT2D eigenvalue weighted by molar-refractivity contribution is 5.94. The van der Waals surface area contributed by atoms with Crippen LogP contribution in [0.2, 0.25) is 0 Å². The maximum atomic E-state index is 12.6. The largest absolute Gasteiger partial charge is 0.507 e. The number of aliphatic hydroxyl groups excluding tert-OH is 2. The fourth-order valence-corrected chi connectivity index (χ4v) is 3.60. The predicted octanol–water partition coefficient (Wildman–Crippen LogP) is 3.85. The number of hydrogen-bond acceptors (Lipinski definition) is 5. The lowest BCUT2D eigenvalue weighted by molar-refractivity contribution is 0.00903. The number of ether oxygens (including phenoxy) is 1. The lowest BCUT2D eigenvalue weighted by Gasteiger charge is -2.23. The first-order chi connectivity index (χ1) is 13.0. The molecule has 5 heteroatoms. The molecule has 2 atom stereocenters. The third kappa shape index (κ3) is 5.81. The van der Waals surface area contributed by atoms with E-state index in [4.69, 9.17) is 9.84 Å². The van der Waals surface area contributed by atoms with Crippen LogP contribution in [0.25, 0.3) is 0 Å². The van der Waals surface area contributed by atoms with Crippen molar-refractivity contribution in [1.29, 1.82) is 0 Å². The van der Waals surface area contributed by atoms with Gasteiger partial charge in [-0.25, -0.2) is 4.79 Å². The van der Waals surface area contributed by atoms with Gasteiger partial charge in [0.25, 0.3) is 0 Å². The minimum absolute atomic E-state index is 0.0107. The fourth-order valence-electron chi connectivity index (χ4n) is 3.60. The number of phenolic OH excluding ortho intramolecular Hbond substituents is 1. The molecule has 1 aromatic rings. The summed E-state index contributed by atoms with van der Waals surface area (Å²) in [7, 11) is 0. The molecule has 0 aliphatic heterocycles. The molecule has 0 saturated heterocycles. The van der Waals surface area contributed by atoms with Crippen LogP contribution in [0, 0.1) is 0 Å². The molecule has 0 spiro atoms. The van der Waals surface area contributed by atoms with Crippen molar-refractivity contribution >= 4 is 5.97 Å². The van der Waals surface area contributed by atoms with Crippen molar-refractivity contribution in [2.75, 3.05) is 13.2 Å². The fraction of sp³-hybridized carbons (Fsp3) is 0.591. The van der Waals surface area contributed by atoms with Crippen LogP contribution in [0.1, 0.15) is 79.8 Å². The average Bonchev–Trinajstić information content (AvgIpc) is 2.66. The number of aromatic hydroxyl groups is 1. The van der Waals surface area contributed by atoms with E-state index in [0.29, 0.717) is 6.42 Å². The van der Waals surface area contributed by atoms with Gasteiger partial charge in [0.15, 0.2) is 0 Å². The second-order valence-corrected chi connectivity index (χ2v) is 7.44. The van der Waals surface area contributed by atoms with E-state index < -0.39 is 18.7 Å². The van der Waals surface area contributed by atoms with E-state index in [1.165, 1.54) is 5.57 Å². The number of carbonyl (C=O) groups excluding carboxylic acids is 1. The number of rotatable bonds is 9. The Balaban J connectivity index is 2.33. The summed E-state index contributed by atoms with van der Waals surface area (Å²) in [5, 5.41) is 29.3. The second kappa shape index (κ2) is 10.5. The van der Waals surface area contributed by atoms with E-state index in [-0.39, 0.29) is 23.8 Å². The Hall–Kier alpha value is -1.85. The highest BCUT2D eigenvalue weighted by atomic mass is 16.5. The van der Waals surface area contributed by atoms with Crippen LogP contribution < -0.4 is 0 Å². The molecule has 0 saturated carbocycles. The molecule has 1 unspecified atom stereocenters. The molecular formula is C22H32O5. The monoisotopic (exact) mass is 376 g/mol. The summed E-state index contributed by atoms with van der Waals surface area (Å²) in [6.45, 7) is 3.43. The molecule has 27 heavy (non-hydrogen) atoms. The van der Waals surface area contributed by atoms with Crippen molar-refractivity contribution in [3.05, 3.63) is 40.5 Å². The van der Waals surface area contributed by atoms with Crippen molar-refractivity contribution in [1.82, 2.24) is 0 Å². The molecular weight excluding hydrogens is 344 g/mol. The van der Waals surface area contributed by atoms with Crippen LogP contribution in [0.15, 0.2) is 23.8 Å². The van der Waals surface area contributed by atoms with Gasteiger partial charge in [-0.1, -0.05) is 43.5 Å². The van der Waals surface area contributed by atoms with E-state index in [1.807, 2.05) is 12.1 Å². The van der Waals surface area contributed by atoms with Gasteiger partial charge >= 0.3 is 5.97 Å². The van der Waals surface area contributed by atoms with Crippen molar-refractivity contribution in [2.24, 2.45) is 0 Å². The SMILES string of the molecule is CCCCCc1ccc([C@@H]2C=C(C)CCC2)c(O)c1C(=O)OCC(O)CO. The first kappa shape index (κ1) is 21.5. The summed E-state index contributed by atoms with van der Waals surface area (Å²) in [6, 6.07) is 3.84. The molecule has 0 amide bonds. The summed E-state index contributed by atoms with van der Waals surface area (Å²) < 4.78 is 5.15. The minimum atomic E-state index is -1.12. The minimum Gasteiger partial charge on any atom is -0.507 e. The van der Waals surface area contributed by atoms with Gasteiger partial charge in [0.05, 0.1) is 6.61 Å². The molecule has 0 aromatic heterocycles. The maximum absolute atomic E-state index is 12.6. The molecule has 0 heterocycles. The van der Waals surface area contributed by atoms with Crippen LogP contribution in [-0.4, -0.2) is 40.6 Å². The van der Waals surface area contributed by atoms with Crippen molar-refractivity contribution in [3.8, 4) is 5.75 Å². The van der Waals surface area contributed by atoms with Crippen molar-refractivity contribution in [3.63, 3.8) is 0 Å². The zero-order valence-corrected chi connectivity index (χ0v) is 16.4. The number of esters is 1. The summed E-state index contributed by atoms with van der Waals surface area (Å²) in [5.41, 5.74) is 3.02. The van der Waals surface area contributed by atoms with Crippen LogP contribution >= 0.6 is 0 Å². The first-order valence-electron chi connectivity index (χ1n) is 9.96. The Kier molecular flexibility index (Phi) is 8.32. The number of benzene rings is 1. The van der Waals surface area contributed by atoms with Gasteiger partial charge in [0.2, 0.25) is 0 Å². The topological polar surface area (TPSA) is 87.0 Å². The number of allylic oxidation sites excluding steroid dienone is 2. The zero-order chi connectivity index (χ0) is 19.8. The van der Waals surface area contributed by atoms with E-state index in [2.05, 4.69) is 19.9 Å². The van der Waals surface area contributed by atoms with Gasteiger partial charge < -0.3 is 20.1 Å². The lowest BCUT2D eigenvalue weighted by Crippen LogP contribution is -2.22. The van der Waals surface area contributed by atoms with Gasteiger partial charge in [0, 0.05) is 11.5 Å². The third-order valence-electron chi connectivity index (χ3n) is 5.14. The van der Waals surface area contributed by atoms with E-state index in [9.17, 15) is 15.0 Å². The summed E-state index contributed by atoms with van der Waals surface area (Å²) >= 11 is 0. The molecule has 3 N–H and O–H groups in total. The van der Waals surface area contributed by atoms with Crippen LogP contribution in [-0.2, 0) is 11.2 Å². The van der Waals surface area contributed by atoms with Crippen molar-refractivity contribution in [2.45, 2.75) is 70.8 Å². The number of carbonyl (C=O) groups is 1. The molecule has 0 bridgehead atoms. The van der Waals surface area contributed by atoms with Crippen LogP contribution in [0.4, 0.5) is 0 Å². The first-order valence-corrected chi connectivity index (χ1v) is 9.96. The lowest BCUT2D eigenvalue weighted by atomic mass is 9.84. The Bertz CT molecular complexity index is 665. The predicted molar refractivity (Wildman–Crippen MR) is 105 cm³/mol. The molecule has 1 aliphatic carbocycles. The Labute approximate surface area is 161 Å². The molecule has 150 valence electrons. The van der Waals surface area contributed by atoms with Crippen molar-refractivity contribution < 1.29 is 24.9 Å². The molecule has 0 fully saturated rings. The Morgan fingerprint density at radius 3 is 2.78 bits per heavy atom.